The molecule has 14 heteroatoms. The third kappa shape index (κ3) is 2.22. The van der Waals surface area contributed by atoms with Gasteiger partial charge in [-0.1, -0.05) is 0 Å². The molecule has 0 aromatic carbocycles. The fourth-order valence-electron chi connectivity index (χ4n) is 0.511. The van der Waals surface area contributed by atoms with Crippen LogP contribution in [0.5, 0.6) is 0 Å². The Labute approximate surface area is 90.3 Å². The third-order valence-electron chi connectivity index (χ3n) is 1.42. The van der Waals surface area contributed by atoms with E-state index in [4.69, 9.17) is 14.2 Å². The molecule has 7 nitrogen and oxygen atoms in total. The molecule has 0 spiro atoms. The van der Waals surface area contributed by atoms with E-state index in [1.54, 1.807) is 0 Å². The van der Waals surface area contributed by atoms with Gasteiger partial charge in [0.25, 0.3) is 0 Å². The van der Waals surface area contributed by atoms with Crippen LogP contribution in [-0.4, -0.2) is 47.4 Å². The van der Waals surface area contributed by atoms with Gasteiger partial charge < -0.3 is 5.11 Å². The van der Waals surface area contributed by atoms with Crippen molar-refractivity contribution in [2.75, 3.05) is 0 Å². The van der Waals surface area contributed by atoms with Gasteiger partial charge in [0.15, 0.2) is 0 Å². The van der Waals surface area contributed by atoms with Gasteiger partial charge in [0, 0.05) is 0 Å². The molecular weight excluding hydrogens is 307 g/mol. The number of alkyl halides is 5. The molecule has 0 heterocycles. The summed E-state index contributed by atoms with van der Waals surface area (Å²) >= 11 is 0. The number of rotatable bonds is 4. The van der Waals surface area contributed by atoms with Crippen LogP contribution in [0.1, 0.15) is 0 Å². The molecule has 0 aromatic rings. The first-order valence-electron chi connectivity index (χ1n) is 3.11. The maximum Gasteiger partial charge on any atom is 0.434 e. The van der Waals surface area contributed by atoms with Crippen LogP contribution in [-0.2, 0) is 20.2 Å². The molecular formula is C3H3F5O7S2. The largest absolute Gasteiger partial charge is 0.434 e. The first-order valence-corrected chi connectivity index (χ1v) is 5.99. The Kier molecular flexibility index (Phi) is 3.59. The zero-order chi connectivity index (χ0) is 14.5. The molecule has 0 aliphatic rings. The van der Waals surface area contributed by atoms with Crippen LogP contribution in [0, 0.1) is 0 Å². The highest BCUT2D eigenvalue weighted by molar-refractivity contribution is 7.88. The molecule has 17 heavy (non-hydrogen) atoms. The number of aliphatic hydroxyl groups is 1. The van der Waals surface area contributed by atoms with Crippen molar-refractivity contribution in [3.8, 4) is 0 Å². The van der Waals surface area contributed by atoms with Crippen molar-refractivity contribution in [1.29, 1.82) is 0 Å². The second-order valence-corrected chi connectivity index (χ2v) is 5.53. The lowest BCUT2D eigenvalue weighted by Gasteiger charge is -2.30. The Hall–Kier alpha value is -0.570. The summed E-state index contributed by atoms with van der Waals surface area (Å²) < 4.78 is 117. The predicted molar refractivity (Wildman–Crippen MR) is 39.0 cm³/mol. The normalized spacial score (nSPS) is 16.0. The van der Waals surface area contributed by atoms with Crippen molar-refractivity contribution in [3.05, 3.63) is 0 Å². The van der Waals surface area contributed by atoms with Gasteiger partial charge in [0.1, 0.15) is 0 Å². The van der Waals surface area contributed by atoms with Gasteiger partial charge in [0.2, 0.25) is 0 Å². The summed E-state index contributed by atoms with van der Waals surface area (Å²) in [5.41, 5.74) is 0. The minimum atomic E-state index is -6.92. The summed E-state index contributed by atoms with van der Waals surface area (Å²) in [7, 11) is -13.8. The molecule has 0 aromatic heterocycles. The van der Waals surface area contributed by atoms with Crippen LogP contribution in [0.2, 0.25) is 0 Å². The van der Waals surface area contributed by atoms with E-state index in [9.17, 15) is 38.8 Å². The van der Waals surface area contributed by atoms with Crippen molar-refractivity contribution in [1.82, 2.24) is 0 Å². The van der Waals surface area contributed by atoms with Gasteiger partial charge in [-0.3, -0.25) is 9.11 Å². The van der Waals surface area contributed by atoms with E-state index in [0.717, 1.165) is 0 Å². The lowest BCUT2D eigenvalue weighted by molar-refractivity contribution is -0.289. The highest BCUT2D eigenvalue weighted by atomic mass is 32.2. The maximum absolute atomic E-state index is 12.6. The molecule has 0 radical (unpaired) electrons. The van der Waals surface area contributed by atoms with Crippen LogP contribution in [0.4, 0.5) is 22.0 Å². The van der Waals surface area contributed by atoms with Crippen LogP contribution >= 0.6 is 0 Å². The molecule has 0 saturated carbocycles. The Morgan fingerprint density at radius 1 is 0.706 bits per heavy atom. The standard InChI is InChI=1S/C3H3F5O7S2/c4-1(9,2(5,6)16(10,11)12)3(7,8)17(13,14)15/h9H,(H,10,11,12)(H,13,14,15). The molecule has 0 fully saturated rings. The average molecular weight is 310 g/mol. The smallest absolute Gasteiger partial charge is 0.351 e. The van der Waals surface area contributed by atoms with Crippen molar-refractivity contribution < 1.29 is 53.0 Å². The summed E-state index contributed by atoms with van der Waals surface area (Å²) in [5.74, 6) is -6.58. The average Bonchev–Trinajstić information content (AvgIpc) is 1.98. The topological polar surface area (TPSA) is 129 Å². The van der Waals surface area contributed by atoms with Crippen LogP contribution in [0.15, 0.2) is 0 Å². The van der Waals surface area contributed by atoms with E-state index in [1.807, 2.05) is 0 Å². The fourth-order valence-corrected chi connectivity index (χ4v) is 1.52. The van der Waals surface area contributed by atoms with Gasteiger partial charge in [-0.25, -0.2) is 0 Å². The Bertz CT molecular complexity index is 458. The first-order chi connectivity index (χ1) is 7.00. The summed E-state index contributed by atoms with van der Waals surface area (Å²) in [4.78, 5) is 0. The van der Waals surface area contributed by atoms with Crippen molar-refractivity contribution >= 4 is 20.2 Å². The maximum atomic E-state index is 12.6. The summed E-state index contributed by atoms with van der Waals surface area (Å²) in [5, 5.41) is -5.20. The summed E-state index contributed by atoms with van der Waals surface area (Å²) in [6.07, 6.45) is 0. The molecule has 0 bridgehead atoms. The van der Waals surface area contributed by atoms with Gasteiger partial charge >= 0.3 is 36.6 Å². The highest BCUT2D eigenvalue weighted by Crippen LogP contribution is 2.47. The Morgan fingerprint density at radius 3 is 1.00 bits per heavy atom. The molecule has 0 saturated heterocycles. The minimum Gasteiger partial charge on any atom is -0.351 e. The number of hydrogen-bond donors (Lipinski definition) is 3. The molecule has 0 rings (SSSR count). The molecule has 0 unspecified atom stereocenters. The van der Waals surface area contributed by atoms with Gasteiger partial charge in [-0.05, 0) is 0 Å². The van der Waals surface area contributed by atoms with E-state index in [0.29, 0.717) is 0 Å². The van der Waals surface area contributed by atoms with Gasteiger partial charge in [0.05, 0.1) is 0 Å². The van der Waals surface area contributed by atoms with Gasteiger partial charge in [-0.15, -0.1) is 0 Å². The van der Waals surface area contributed by atoms with E-state index < -0.39 is 36.6 Å². The van der Waals surface area contributed by atoms with Gasteiger partial charge in [-0.2, -0.15) is 38.8 Å². The van der Waals surface area contributed by atoms with Crippen LogP contribution in [0.3, 0.4) is 0 Å². The lowest BCUT2D eigenvalue weighted by Crippen LogP contribution is -2.63. The fraction of sp³-hybridized carbons (Fsp3) is 1.00. The van der Waals surface area contributed by atoms with Crippen LogP contribution in [0.25, 0.3) is 0 Å². The molecule has 3 N–H and O–H groups in total. The van der Waals surface area contributed by atoms with Crippen LogP contribution < -0.4 is 0 Å². The molecule has 0 aliphatic heterocycles. The quantitative estimate of drug-likeness (QED) is 0.476. The molecule has 0 amide bonds. The summed E-state index contributed by atoms with van der Waals surface area (Å²) in [6.45, 7) is 0. The van der Waals surface area contributed by atoms with Crippen molar-refractivity contribution in [2.24, 2.45) is 0 Å². The molecule has 104 valence electrons. The second kappa shape index (κ2) is 3.71. The molecule has 0 atom stereocenters. The van der Waals surface area contributed by atoms with E-state index >= 15 is 0 Å². The Morgan fingerprint density at radius 2 is 0.882 bits per heavy atom. The van der Waals surface area contributed by atoms with Crippen molar-refractivity contribution in [3.63, 3.8) is 0 Å². The first kappa shape index (κ1) is 16.4. The highest BCUT2D eigenvalue weighted by Gasteiger charge is 2.80. The summed E-state index contributed by atoms with van der Waals surface area (Å²) in [6, 6.07) is 0. The second-order valence-electron chi connectivity index (χ2n) is 2.61. The minimum absolute atomic E-state index is 6.58. The van der Waals surface area contributed by atoms with E-state index in [1.165, 1.54) is 0 Å². The zero-order valence-electron chi connectivity index (χ0n) is 7.18. The number of hydrogen-bond acceptors (Lipinski definition) is 5. The van der Waals surface area contributed by atoms with E-state index in [2.05, 4.69) is 0 Å². The van der Waals surface area contributed by atoms with E-state index in [-0.39, 0.29) is 0 Å². The zero-order valence-corrected chi connectivity index (χ0v) is 8.81. The predicted octanol–water partition coefficient (Wildman–Crippen LogP) is -0.394. The Balaban J connectivity index is 6.10. The SMILES string of the molecule is O=S(=O)(O)C(F)(F)C(O)(F)C(F)(F)S(=O)(=O)O. The van der Waals surface area contributed by atoms with Crippen molar-refractivity contribution in [2.45, 2.75) is 16.4 Å². The monoisotopic (exact) mass is 310 g/mol. The third-order valence-corrected chi connectivity index (χ3v) is 3.26. The lowest BCUT2D eigenvalue weighted by atomic mass is 10.3. The molecule has 0 aliphatic carbocycles. The number of halogens is 5.